The molecule has 0 amide bonds. The summed E-state index contributed by atoms with van der Waals surface area (Å²) in [5, 5.41) is 3.43. The first-order valence-electron chi connectivity index (χ1n) is 6.98. The molecule has 1 fully saturated rings. The van der Waals surface area contributed by atoms with Gasteiger partial charge in [-0.2, -0.15) is 0 Å². The lowest BCUT2D eigenvalue weighted by atomic mass is 9.86. The van der Waals surface area contributed by atoms with Crippen LogP contribution in [0.5, 0.6) is 5.75 Å². The lowest BCUT2D eigenvalue weighted by Gasteiger charge is -2.34. The zero-order valence-electron chi connectivity index (χ0n) is 12.7. The van der Waals surface area contributed by atoms with E-state index < -0.39 is 0 Å². The molecule has 1 N–H and O–H groups in total. The van der Waals surface area contributed by atoms with Crippen molar-refractivity contribution < 1.29 is 9.47 Å². The van der Waals surface area contributed by atoms with E-state index in [1.807, 2.05) is 7.05 Å². The Morgan fingerprint density at radius 3 is 2.37 bits per heavy atom. The van der Waals surface area contributed by atoms with Crippen molar-refractivity contribution in [3.8, 4) is 5.75 Å². The summed E-state index contributed by atoms with van der Waals surface area (Å²) in [4.78, 5) is 0. The molecule has 0 saturated carbocycles. The zero-order chi connectivity index (χ0) is 14.0. The number of likely N-dealkylation sites (N-methyl/N-ethyl adjacent to an activating group) is 1. The van der Waals surface area contributed by atoms with Gasteiger partial charge in [0, 0.05) is 6.61 Å². The van der Waals surface area contributed by atoms with E-state index in [1.165, 1.54) is 16.7 Å². The maximum atomic E-state index is 5.99. The fraction of sp³-hybridized carbons (Fsp3) is 0.625. The first-order chi connectivity index (χ1) is 9.01. The van der Waals surface area contributed by atoms with Gasteiger partial charge in [-0.3, -0.25) is 0 Å². The fourth-order valence-electron chi connectivity index (χ4n) is 3.33. The van der Waals surface area contributed by atoms with E-state index in [0.717, 1.165) is 25.2 Å². The maximum absolute atomic E-state index is 5.99. The molecule has 0 aliphatic carbocycles. The van der Waals surface area contributed by atoms with Crippen molar-refractivity contribution >= 4 is 0 Å². The standard InChI is InChI=1S/C16H25NO2/c1-11-9-13(10-12(2)14(11)18-5)15(17-4)16(3)7-6-8-19-16/h9-10,15,17H,6-8H2,1-5H3. The van der Waals surface area contributed by atoms with Gasteiger partial charge in [0.05, 0.1) is 18.8 Å². The molecule has 2 atom stereocenters. The van der Waals surface area contributed by atoms with Crippen LogP contribution in [0.3, 0.4) is 0 Å². The average molecular weight is 263 g/mol. The van der Waals surface area contributed by atoms with Gasteiger partial charge in [-0.25, -0.2) is 0 Å². The Labute approximate surface area is 116 Å². The molecule has 3 nitrogen and oxygen atoms in total. The number of ether oxygens (including phenoxy) is 2. The minimum atomic E-state index is -0.109. The van der Waals surface area contributed by atoms with Crippen molar-refractivity contribution in [1.82, 2.24) is 5.32 Å². The first-order valence-corrected chi connectivity index (χ1v) is 6.98. The molecule has 1 aromatic rings. The predicted octanol–water partition coefficient (Wildman–Crippen LogP) is 3.14. The summed E-state index contributed by atoms with van der Waals surface area (Å²) in [6, 6.07) is 4.64. The molecule has 3 heteroatoms. The van der Waals surface area contributed by atoms with Gasteiger partial charge in [-0.05, 0) is 57.4 Å². The van der Waals surface area contributed by atoms with Crippen LogP contribution in [0.2, 0.25) is 0 Å². The van der Waals surface area contributed by atoms with Crippen LogP contribution >= 0.6 is 0 Å². The average Bonchev–Trinajstić information content (AvgIpc) is 2.77. The number of benzene rings is 1. The minimum absolute atomic E-state index is 0.109. The second-order valence-corrected chi connectivity index (χ2v) is 5.67. The van der Waals surface area contributed by atoms with Crippen molar-refractivity contribution in [3.63, 3.8) is 0 Å². The van der Waals surface area contributed by atoms with Gasteiger partial charge < -0.3 is 14.8 Å². The molecule has 0 spiro atoms. The molecular formula is C16H25NO2. The molecule has 2 unspecified atom stereocenters. The first kappa shape index (κ1) is 14.4. The van der Waals surface area contributed by atoms with Crippen molar-refractivity contribution in [2.45, 2.75) is 45.3 Å². The summed E-state index contributed by atoms with van der Waals surface area (Å²) in [6.07, 6.45) is 2.24. The molecule has 1 aliphatic rings. The van der Waals surface area contributed by atoms with E-state index in [0.29, 0.717) is 0 Å². The molecule has 19 heavy (non-hydrogen) atoms. The Hall–Kier alpha value is -1.06. The number of hydrogen-bond acceptors (Lipinski definition) is 3. The van der Waals surface area contributed by atoms with Crippen LogP contribution in [0.25, 0.3) is 0 Å². The van der Waals surface area contributed by atoms with Gasteiger partial charge in [-0.1, -0.05) is 12.1 Å². The highest BCUT2D eigenvalue weighted by atomic mass is 16.5. The number of rotatable bonds is 4. The molecule has 2 rings (SSSR count). The second kappa shape index (κ2) is 5.51. The highest BCUT2D eigenvalue weighted by molar-refractivity contribution is 5.44. The van der Waals surface area contributed by atoms with Gasteiger partial charge >= 0.3 is 0 Å². The number of methoxy groups -OCH3 is 1. The number of nitrogens with one attached hydrogen (secondary N) is 1. The second-order valence-electron chi connectivity index (χ2n) is 5.67. The van der Waals surface area contributed by atoms with Crippen molar-refractivity contribution in [1.29, 1.82) is 0 Å². The van der Waals surface area contributed by atoms with E-state index in [4.69, 9.17) is 9.47 Å². The van der Waals surface area contributed by atoms with E-state index >= 15 is 0 Å². The summed E-state index contributed by atoms with van der Waals surface area (Å²) < 4.78 is 11.4. The van der Waals surface area contributed by atoms with Crippen LogP contribution in [0, 0.1) is 13.8 Å². The Morgan fingerprint density at radius 1 is 1.32 bits per heavy atom. The third-order valence-corrected chi connectivity index (χ3v) is 4.17. The van der Waals surface area contributed by atoms with E-state index in [9.17, 15) is 0 Å². The monoisotopic (exact) mass is 263 g/mol. The summed E-state index contributed by atoms with van der Waals surface area (Å²) in [7, 11) is 3.73. The van der Waals surface area contributed by atoms with Gasteiger partial charge in [0.25, 0.3) is 0 Å². The number of hydrogen-bond donors (Lipinski definition) is 1. The number of aryl methyl sites for hydroxylation is 2. The largest absolute Gasteiger partial charge is 0.496 e. The van der Waals surface area contributed by atoms with Gasteiger partial charge in [0.1, 0.15) is 5.75 Å². The van der Waals surface area contributed by atoms with E-state index in [2.05, 4.69) is 38.2 Å². The van der Waals surface area contributed by atoms with Crippen LogP contribution in [0.4, 0.5) is 0 Å². The molecule has 106 valence electrons. The van der Waals surface area contributed by atoms with E-state index in [1.54, 1.807) is 7.11 Å². The van der Waals surface area contributed by atoms with E-state index in [-0.39, 0.29) is 11.6 Å². The summed E-state index contributed by atoms with van der Waals surface area (Å²) in [6.45, 7) is 7.26. The van der Waals surface area contributed by atoms with Crippen molar-refractivity contribution in [2.75, 3.05) is 20.8 Å². The molecular weight excluding hydrogens is 238 g/mol. The topological polar surface area (TPSA) is 30.5 Å². The molecule has 0 bridgehead atoms. The van der Waals surface area contributed by atoms with Crippen LogP contribution < -0.4 is 10.1 Å². The SMILES string of the molecule is CNC(c1cc(C)c(OC)c(C)c1)C1(C)CCCO1. The Balaban J connectivity index is 2.39. The van der Waals surface area contributed by atoms with Crippen molar-refractivity contribution in [3.05, 3.63) is 28.8 Å². The molecule has 1 saturated heterocycles. The normalized spacial score (nSPS) is 24.5. The highest BCUT2D eigenvalue weighted by Crippen LogP contribution is 2.39. The highest BCUT2D eigenvalue weighted by Gasteiger charge is 2.38. The van der Waals surface area contributed by atoms with Crippen LogP contribution in [0.15, 0.2) is 12.1 Å². The lowest BCUT2D eigenvalue weighted by Crippen LogP contribution is -2.39. The lowest BCUT2D eigenvalue weighted by molar-refractivity contribution is -0.0105. The van der Waals surface area contributed by atoms with Crippen LogP contribution in [-0.4, -0.2) is 26.4 Å². The summed E-state index contributed by atoms with van der Waals surface area (Å²) in [5.74, 6) is 0.982. The molecule has 0 radical (unpaired) electrons. The smallest absolute Gasteiger partial charge is 0.124 e. The Bertz CT molecular complexity index is 427. The maximum Gasteiger partial charge on any atom is 0.124 e. The van der Waals surface area contributed by atoms with Crippen molar-refractivity contribution in [2.24, 2.45) is 0 Å². The van der Waals surface area contributed by atoms with Gasteiger partial charge in [-0.15, -0.1) is 0 Å². The Morgan fingerprint density at radius 2 is 1.95 bits per heavy atom. The fourth-order valence-corrected chi connectivity index (χ4v) is 3.33. The van der Waals surface area contributed by atoms with Crippen LogP contribution in [0.1, 0.15) is 42.5 Å². The van der Waals surface area contributed by atoms with Gasteiger partial charge in [0.15, 0.2) is 0 Å². The summed E-state index contributed by atoms with van der Waals surface area (Å²) in [5.41, 5.74) is 3.53. The predicted molar refractivity (Wildman–Crippen MR) is 77.9 cm³/mol. The third kappa shape index (κ3) is 2.63. The Kier molecular flexibility index (Phi) is 4.16. The molecule has 1 heterocycles. The molecule has 1 aliphatic heterocycles. The summed E-state index contributed by atoms with van der Waals surface area (Å²) >= 11 is 0. The quantitative estimate of drug-likeness (QED) is 0.905. The minimum Gasteiger partial charge on any atom is -0.496 e. The molecule has 0 aromatic heterocycles. The molecule has 1 aromatic carbocycles. The third-order valence-electron chi connectivity index (χ3n) is 4.17. The van der Waals surface area contributed by atoms with Gasteiger partial charge in [0.2, 0.25) is 0 Å². The zero-order valence-corrected chi connectivity index (χ0v) is 12.7. The van der Waals surface area contributed by atoms with Crippen LogP contribution in [-0.2, 0) is 4.74 Å².